The smallest absolute Gasteiger partial charge is 0.543 e. The third-order valence-electron chi connectivity index (χ3n) is 1.79. The Hall–Kier alpha value is -2.34. The van der Waals surface area contributed by atoms with E-state index in [4.69, 9.17) is 39.6 Å². The molecule has 1 radical (unpaired) electrons. The monoisotopic (exact) mass is 471 g/mol. The molecule has 0 aromatic carbocycles. The van der Waals surface area contributed by atoms with Crippen molar-refractivity contribution in [2.45, 2.75) is 65.5 Å². The normalized spacial score (nSPS) is 9.38. The predicted octanol–water partition coefficient (Wildman–Crippen LogP) is -7.06. The van der Waals surface area contributed by atoms with Crippen LogP contribution in [0.5, 0.6) is 0 Å². The van der Waals surface area contributed by atoms with Crippen molar-refractivity contribution in [1.29, 1.82) is 0 Å². The maximum absolute atomic E-state index is 10.4. The molecule has 0 amide bonds. The van der Waals surface area contributed by atoms with Crippen molar-refractivity contribution >= 4 is 35.4 Å². The van der Waals surface area contributed by atoms with E-state index in [9.17, 15) is 9.59 Å². The molecule has 0 aliphatic carbocycles. The maximum Gasteiger partial charge on any atom is 2.00 e. The molecule has 0 spiro atoms. The minimum Gasteiger partial charge on any atom is -0.543 e. The molecule has 0 aromatic heterocycles. The first-order chi connectivity index (χ1) is 12.1. The van der Waals surface area contributed by atoms with Crippen LogP contribution in [-0.4, -0.2) is 46.5 Å². The number of hydrogen-bond acceptors (Lipinski definition) is 10. The summed E-state index contributed by atoms with van der Waals surface area (Å²) in [6.07, 6.45) is 1.15. The van der Waals surface area contributed by atoms with Crippen molar-refractivity contribution in [3.05, 3.63) is 0 Å². The van der Waals surface area contributed by atoms with Gasteiger partial charge in [0.25, 0.3) is 0 Å². The summed E-state index contributed by atoms with van der Waals surface area (Å²) in [5.41, 5.74) is 7.42. The van der Waals surface area contributed by atoms with E-state index in [0.717, 1.165) is 0 Å². The standard InChI is InChI=1S/2C6H13NO.2C2H2O4.Cu/c2*1-5(8)4-6(2,3)7;2*3-1(4)2(5)6;/h2*4,7H2,1-3H3;2*(H,3,4)(H,5,6);/q;;;;+2/p-2. The number of hydrogen-bond donors (Lipinski definition) is 2. The zero-order valence-electron chi connectivity index (χ0n) is 17.2. The van der Waals surface area contributed by atoms with Gasteiger partial charge in [0, 0.05) is 0 Å². The molecule has 0 bridgehead atoms. The first-order valence-electron chi connectivity index (χ1n) is 7.66. The molecule has 0 rings (SSSR count). The summed E-state index contributed by atoms with van der Waals surface area (Å²) >= 11 is 0. The van der Waals surface area contributed by atoms with E-state index in [1.165, 1.54) is 0 Å². The fourth-order valence-electron chi connectivity index (χ4n) is 1.35. The minimum atomic E-state index is -2.19. The molecule has 0 fully saturated rings. The van der Waals surface area contributed by atoms with Crippen LogP contribution in [0.4, 0.5) is 0 Å². The van der Waals surface area contributed by atoms with Gasteiger partial charge in [-0.05, 0) is 41.5 Å². The average Bonchev–Trinajstić information content (AvgIpc) is 2.33. The summed E-state index contributed by atoms with van der Waals surface area (Å²) in [6.45, 7) is 11.0. The van der Waals surface area contributed by atoms with Gasteiger partial charge in [0.15, 0.2) is 0 Å². The van der Waals surface area contributed by atoms with Gasteiger partial charge in [-0.2, -0.15) is 0 Å². The van der Waals surface area contributed by atoms with Gasteiger partial charge in [-0.15, -0.1) is 0 Å². The zero-order valence-corrected chi connectivity index (χ0v) is 18.2. The van der Waals surface area contributed by atoms with Gasteiger partial charge >= 0.3 is 17.1 Å². The van der Waals surface area contributed by atoms with Crippen molar-refractivity contribution in [3.63, 3.8) is 0 Å². The molecule has 6 N–H and O–H groups in total. The van der Waals surface area contributed by atoms with E-state index in [1.807, 2.05) is 27.7 Å². The molecular weight excluding hydrogens is 444 g/mol. The van der Waals surface area contributed by atoms with Crippen molar-refractivity contribution in [2.75, 3.05) is 0 Å². The van der Waals surface area contributed by atoms with Crippen LogP contribution in [0.1, 0.15) is 54.4 Å². The van der Waals surface area contributed by atoms with Gasteiger partial charge in [0.2, 0.25) is 0 Å². The van der Waals surface area contributed by atoms with Crippen LogP contribution in [-0.2, 0) is 45.8 Å². The number of carbonyl (C=O) groups is 6. The first-order valence-corrected chi connectivity index (χ1v) is 7.66. The van der Waals surface area contributed by atoms with Crippen LogP contribution in [0.2, 0.25) is 0 Å². The average molecular weight is 472 g/mol. The molecule has 0 unspecified atom stereocenters. The molecule has 0 aliphatic rings. The molecule has 0 saturated carbocycles. The number of rotatable bonds is 4. The number of carbonyl (C=O) groups excluding carboxylic acids is 6. The Kier molecular flexibility index (Phi) is 22.9. The quantitative estimate of drug-likeness (QED) is 0.289. The van der Waals surface area contributed by atoms with Crippen molar-refractivity contribution in [3.8, 4) is 0 Å². The molecule has 29 heavy (non-hydrogen) atoms. The number of carboxylic acid groups (broad SMARTS) is 4. The minimum absolute atomic E-state index is 0. The van der Waals surface area contributed by atoms with E-state index in [0.29, 0.717) is 12.8 Å². The molecule has 0 saturated heterocycles. The number of Topliss-reactive ketones (excluding diaryl/α,β-unsaturated/α-hetero) is 2. The fraction of sp³-hybridized carbons (Fsp3) is 0.625. The summed E-state index contributed by atoms with van der Waals surface area (Å²) in [5.74, 6) is -8.31. The molecule has 173 valence electrons. The molecule has 0 atom stereocenters. The summed E-state index contributed by atoms with van der Waals surface area (Å²) in [5, 5.41) is 35.7. The second-order valence-corrected chi connectivity index (χ2v) is 7.24. The molecule has 0 aliphatic heterocycles. The Morgan fingerprint density at radius 1 is 0.586 bits per heavy atom. The van der Waals surface area contributed by atoms with Gasteiger partial charge in [-0.25, -0.2) is 0 Å². The van der Waals surface area contributed by atoms with E-state index in [-0.39, 0.29) is 39.7 Å². The molecule has 13 heteroatoms. The number of quaternary nitrogens is 2. The Morgan fingerprint density at radius 2 is 0.724 bits per heavy atom. The second kappa shape index (κ2) is 17.7. The first kappa shape index (κ1) is 37.4. The Bertz CT molecular complexity index is 489. The van der Waals surface area contributed by atoms with Gasteiger partial charge in [0.05, 0.1) is 47.8 Å². The van der Waals surface area contributed by atoms with Crippen LogP contribution >= 0.6 is 0 Å². The Labute approximate surface area is 179 Å². The van der Waals surface area contributed by atoms with Crippen molar-refractivity contribution in [2.24, 2.45) is 0 Å². The summed E-state index contributed by atoms with van der Waals surface area (Å²) in [4.78, 5) is 56.5. The second-order valence-electron chi connectivity index (χ2n) is 7.24. The van der Waals surface area contributed by atoms with E-state index in [2.05, 4.69) is 11.5 Å². The van der Waals surface area contributed by atoms with Crippen molar-refractivity contribution in [1.82, 2.24) is 0 Å². The van der Waals surface area contributed by atoms with Crippen LogP contribution in [0.15, 0.2) is 0 Å². The van der Waals surface area contributed by atoms with Crippen LogP contribution in [0, 0.1) is 0 Å². The Morgan fingerprint density at radius 3 is 0.724 bits per heavy atom. The number of aliphatic carboxylic acids is 4. The van der Waals surface area contributed by atoms with Crippen molar-refractivity contribution < 1.29 is 77.7 Å². The topological polar surface area (TPSA) is 250 Å². The third kappa shape index (κ3) is 58.6. The van der Waals surface area contributed by atoms with Crippen LogP contribution in [0.25, 0.3) is 0 Å². The van der Waals surface area contributed by atoms with E-state index < -0.39 is 23.9 Å². The van der Waals surface area contributed by atoms with Gasteiger partial charge in [0.1, 0.15) is 11.6 Å². The van der Waals surface area contributed by atoms with Crippen LogP contribution < -0.4 is 31.9 Å². The van der Waals surface area contributed by atoms with E-state index >= 15 is 0 Å². The van der Waals surface area contributed by atoms with Crippen LogP contribution in [0.3, 0.4) is 0 Å². The summed E-state index contributed by atoms with van der Waals surface area (Å²) in [7, 11) is 0. The molecular formula is C16H28CuN2O10. The third-order valence-corrected chi connectivity index (χ3v) is 1.79. The largest absolute Gasteiger partial charge is 2.00 e. The van der Waals surface area contributed by atoms with Gasteiger partial charge in [-0.3, -0.25) is 9.59 Å². The fourth-order valence-corrected chi connectivity index (χ4v) is 1.35. The maximum atomic E-state index is 10.4. The number of ketones is 2. The predicted molar refractivity (Wildman–Crippen MR) is 84.6 cm³/mol. The van der Waals surface area contributed by atoms with E-state index in [1.54, 1.807) is 13.8 Å². The zero-order chi connectivity index (χ0) is 23.9. The SMILES string of the molecule is CC(=O)CC(C)(C)[NH3+].CC(=O)CC(C)(C)[NH3+].O=C([O-])C(=O)[O-].O=C([O-])C(=O)[O-].[Cu+2]. The summed E-state index contributed by atoms with van der Waals surface area (Å²) < 4.78 is 0. The summed E-state index contributed by atoms with van der Waals surface area (Å²) in [6, 6.07) is 0. The molecule has 12 nitrogen and oxygen atoms in total. The van der Waals surface area contributed by atoms with Gasteiger partial charge < -0.3 is 51.1 Å². The molecule has 0 aromatic rings. The number of carboxylic acids is 4. The van der Waals surface area contributed by atoms with Gasteiger partial charge in [-0.1, -0.05) is 0 Å². The molecule has 0 heterocycles. The Balaban J connectivity index is -0.0000000881.